The van der Waals surface area contributed by atoms with Gasteiger partial charge in [-0.15, -0.1) is 19.6 Å². The Morgan fingerprint density at radius 1 is 0.393 bits per heavy atom. The minimum Gasteiger partial charge on any atom is -0.497 e. The zero-order valence-electron chi connectivity index (χ0n) is 65.4. The number of carbonyl (C=O) groups excluding carboxylic acids is 3. The molecule has 18 aromatic rings. The lowest BCUT2D eigenvalue weighted by Gasteiger charge is -2.14. The van der Waals surface area contributed by atoms with Crippen LogP contribution in [0.15, 0.2) is 300 Å². The van der Waals surface area contributed by atoms with Gasteiger partial charge in [-0.2, -0.15) is 22.7 Å². The van der Waals surface area contributed by atoms with Gasteiger partial charge in [-0.05, 0) is 236 Å². The molecule has 0 unspecified atom stereocenters. The van der Waals surface area contributed by atoms with Gasteiger partial charge in [-0.1, -0.05) is 127 Å². The Balaban J connectivity index is 0.000000121. The first kappa shape index (κ1) is 80.3. The Bertz CT molecular complexity index is 7120. The Labute approximate surface area is 701 Å². The number of imide groups is 1. The fourth-order valence-corrected chi connectivity index (χ4v) is 16.8. The molecule has 0 spiro atoms. The molecule has 2 amide bonds. The van der Waals surface area contributed by atoms with Crippen LogP contribution in [0.3, 0.4) is 0 Å². The van der Waals surface area contributed by atoms with E-state index in [1.165, 1.54) is 25.2 Å². The topological polar surface area (TPSA) is 331 Å². The minimum atomic E-state index is -0.521. The summed E-state index contributed by atoms with van der Waals surface area (Å²) in [6.45, 7) is 1.79. The van der Waals surface area contributed by atoms with Crippen molar-refractivity contribution in [1.82, 2.24) is 23.2 Å². The van der Waals surface area contributed by atoms with E-state index in [1.54, 1.807) is 102 Å². The van der Waals surface area contributed by atoms with Gasteiger partial charge < -0.3 is 57.3 Å². The second kappa shape index (κ2) is 35.4. The number of fused-ring (bicyclic) bond motifs is 8. The molecule has 1 aliphatic heterocycles. The molecule has 4 N–H and O–H groups in total. The van der Waals surface area contributed by atoms with Crippen LogP contribution in [-0.2, 0) is 35.7 Å². The van der Waals surface area contributed by atoms with Crippen LogP contribution in [0.4, 0.5) is 22.7 Å². The normalized spacial score (nSPS) is 11.7. The Hall–Kier alpha value is -15.5. The van der Waals surface area contributed by atoms with Gasteiger partial charge >= 0.3 is 11.6 Å². The molecule has 0 atom stereocenters. The highest BCUT2D eigenvalue weighted by atomic mass is 32.1. The van der Waals surface area contributed by atoms with Crippen LogP contribution in [0.1, 0.15) is 45.5 Å². The number of nitroso groups, excluding NO2 is 4. The number of carbonyl (C=O) groups is 3. The van der Waals surface area contributed by atoms with Crippen molar-refractivity contribution in [1.29, 1.82) is 0 Å². The summed E-state index contributed by atoms with van der Waals surface area (Å²) in [5.74, 6) is -0.397. The lowest BCUT2D eigenvalue weighted by atomic mass is 10.0. The molecule has 7 aromatic heterocycles. The number of para-hydroxylation sites is 1. The second-order valence-electron chi connectivity index (χ2n) is 28.6. The highest BCUT2D eigenvalue weighted by molar-refractivity contribution is 7.08. The quantitative estimate of drug-likeness (QED) is 0.0200. The van der Waals surface area contributed by atoms with Crippen molar-refractivity contribution in [2.45, 2.75) is 45.4 Å². The van der Waals surface area contributed by atoms with Crippen LogP contribution >= 0.6 is 22.7 Å². The SMILES string of the molecule is COC(=O)CCCn1c(O)c(N=O)c2ccc(-c3ccc4ccccc4c3)cc21.COc1ccc2c(Cn3c(O)c(N=O)c4ccc(-c5ccc6ccccc6c5)cc43)cc(=O)oc2c1.O=Nc1c(O)n(CCCN2C(=O)c3ccccc3C2=O)c2cc(-c3ccsc3)ccc12.O=Nc1c(O)n(CCOc2ccccc2)c2cc(-c3ccsc3)ccc12. The highest BCUT2D eigenvalue weighted by Gasteiger charge is 2.35. The molecule has 0 saturated heterocycles. The summed E-state index contributed by atoms with van der Waals surface area (Å²) in [6, 6.07) is 78.1. The zero-order valence-corrected chi connectivity index (χ0v) is 67.0. The first-order chi connectivity index (χ1) is 59.5. The van der Waals surface area contributed by atoms with E-state index in [9.17, 15) is 59.2 Å². The number of esters is 1. The standard InChI is InChI=1S/C29H20N2O5.C23H17N3O4S.C23H20N2O4.C20H16N2O3S/c1-35-22-9-11-23-21(14-27(32)36-26(23)15-22)16-31-25-13-20(8-10-24(25)28(30-34)29(31)33)19-7-6-17-4-2-3-5-18(17)12-19;27-21-16-4-1-2-5-17(16)22(28)26(21)10-3-9-25-19-12-14(15-8-11-31-13-15)6-7-18(19)20(24-30)23(25)29;1-29-21(26)7-4-12-25-20-14-18(10-11-19(20)22(24-28)23(25)27)17-9-8-15-5-2-3-6-16(15)13-17;23-20-19(21-24)17-7-6-14(15-8-11-26-13-15)12-18(17)22(20)9-10-25-16-4-2-1-3-5-16/h2-15,33H,16H2,1H3;1-2,4-8,11-13,29H,3,9-10H2;2-3,5-6,8-11,13-14,27H,4,7,12H2,1H3;1-8,11-13,23H,9-10H2. The van der Waals surface area contributed by atoms with Crippen LogP contribution in [0.25, 0.3) is 121 Å². The molecule has 8 heterocycles. The molecule has 0 fully saturated rings. The summed E-state index contributed by atoms with van der Waals surface area (Å²) >= 11 is 3.21. The van der Waals surface area contributed by atoms with E-state index in [2.05, 4.69) is 79.4 Å². The number of methoxy groups -OCH3 is 2. The third-order valence-electron chi connectivity index (χ3n) is 21.6. The monoisotopic (exact) mass is 1660 g/mol. The van der Waals surface area contributed by atoms with Crippen molar-refractivity contribution >= 4 is 139 Å². The molecule has 27 heteroatoms. The molecule has 0 radical (unpaired) electrons. The molecule has 1 aliphatic rings. The molecule has 0 bridgehead atoms. The highest BCUT2D eigenvalue weighted by Crippen LogP contribution is 2.46. The lowest BCUT2D eigenvalue weighted by Crippen LogP contribution is -2.31. The largest absolute Gasteiger partial charge is 0.497 e. The first-order valence-electron chi connectivity index (χ1n) is 38.6. The average Bonchev–Trinajstić information content (AvgIpc) is 1.62. The summed E-state index contributed by atoms with van der Waals surface area (Å²) in [5, 5.41) is 70.2. The summed E-state index contributed by atoms with van der Waals surface area (Å²) in [5.41, 5.74) is 12.2. The molecule has 11 aromatic carbocycles. The third kappa shape index (κ3) is 16.0. The molecule has 25 nitrogen and oxygen atoms in total. The molecular weight excluding hydrogens is 1590 g/mol. The van der Waals surface area contributed by atoms with Crippen molar-refractivity contribution in [3.05, 3.63) is 317 Å². The van der Waals surface area contributed by atoms with E-state index >= 15 is 0 Å². The van der Waals surface area contributed by atoms with Gasteiger partial charge in [0.2, 0.25) is 23.5 Å². The van der Waals surface area contributed by atoms with Crippen LogP contribution < -0.4 is 15.1 Å². The number of aromatic hydroxyl groups is 4. The number of benzene rings is 11. The first-order valence-corrected chi connectivity index (χ1v) is 40.5. The predicted octanol–water partition coefficient (Wildman–Crippen LogP) is 23.0. The maximum absolute atomic E-state index is 12.5. The Morgan fingerprint density at radius 3 is 1.26 bits per heavy atom. The van der Waals surface area contributed by atoms with Gasteiger partial charge in [0, 0.05) is 65.1 Å². The van der Waals surface area contributed by atoms with E-state index in [0.29, 0.717) is 111 Å². The molecule has 606 valence electrons. The Kier molecular flexibility index (Phi) is 23.3. The molecule has 0 saturated carbocycles. The second-order valence-corrected chi connectivity index (χ2v) is 30.2. The third-order valence-corrected chi connectivity index (χ3v) is 23.0. The van der Waals surface area contributed by atoms with Crippen molar-refractivity contribution in [2.75, 3.05) is 27.4 Å². The number of amides is 2. The van der Waals surface area contributed by atoms with E-state index < -0.39 is 5.63 Å². The van der Waals surface area contributed by atoms with E-state index in [1.807, 2.05) is 150 Å². The maximum Gasteiger partial charge on any atom is 0.336 e. The van der Waals surface area contributed by atoms with Crippen molar-refractivity contribution in [2.24, 2.45) is 20.7 Å². The van der Waals surface area contributed by atoms with Crippen molar-refractivity contribution in [3.63, 3.8) is 0 Å². The van der Waals surface area contributed by atoms with Crippen LogP contribution in [0, 0.1) is 19.6 Å². The number of rotatable bonds is 23. The smallest absolute Gasteiger partial charge is 0.336 e. The summed E-state index contributed by atoms with van der Waals surface area (Å²) < 4.78 is 27.5. The fourth-order valence-electron chi connectivity index (χ4n) is 15.5. The van der Waals surface area contributed by atoms with Gasteiger partial charge in [-0.3, -0.25) is 19.3 Å². The van der Waals surface area contributed by atoms with Crippen molar-refractivity contribution in [3.8, 4) is 79.5 Å². The number of hydrogen-bond acceptors (Lipinski definition) is 22. The molecular formula is C95H73N9O16S2. The summed E-state index contributed by atoms with van der Waals surface area (Å²) in [7, 11) is 2.88. The fraction of sp³-hybridized carbons (Fsp3) is 0.116. The lowest BCUT2D eigenvalue weighted by molar-refractivity contribution is -0.140. The zero-order chi connectivity index (χ0) is 84.7. The van der Waals surface area contributed by atoms with E-state index in [4.69, 9.17) is 13.9 Å². The van der Waals surface area contributed by atoms with Crippen LogP contribution in [-0.4, -0.2) is 88.7 Å². The molecule has 0 aliphatic carbocycles. The Morgan fingerprint density at radius 2 is 0.803 bits per heavy atom. The minimum absolute atomic E-state index is 0.00685. The number of aromatic nitrogens is 4. The van der Waals surface area contributed by atoms with Gasteiger partial charge in [-0.25, -0.2) is 4.79 Å². The number of nitrogens with zero attached hydrogens (tertiary/aromatic N) is 9. The van der Waals surface area contributed by atoms with Gasteiger partial charge in [0.25, 0.3) is 11.8 Å². The van der Waals surface area contributed by atoms with E-state index in [-0.39, 0.29) is 83.6 Å². The van der Waals surface area contributed by atoms with Crippen molar-refractivity contribution < 1.29 is 53.4 Å². The van der Waals surface area contributed by atoms with E-state index in [0.717, 1.165) is 77.3 Å². The number of thiophene rings is 2. The maximum atomic E-state index is 12.5. The van der Waals surface area contributed by atoms with Gasteiger partial charge in [0.05, 0.1) is 60.5 Å². The summed E-state index contributed by atoms with van der Waals surface area (Å²) in [4.78, 5) is 95.5. The molecule has 122 heavy (non-hydrogen) atoms. The number of aryl methyl sites for hydroxylation is 2. The summed E-state index contributed by atoms with van der Waals surface area (Å²) in [6.07, 6.45) is 1.12. The average molecular weight is 1660 g/mol. The van der Waals surface area contributed by atoms with Gasteiger partial charge in [0.15, 0.2) is 22.7 Å². The van der Waals surface area contributed by atoms with Gasteiger partial charge in [0.1, 0.15) is 23.7 Å². The number of hydrogen-bond donors (Lipinski definition) is 4. The molecule has 19 rings (SSSR count). The number of ether oxygens (including phenoxy) is 3. The predicted molar refractivity (Wildman–Crippen MR) is 476 cm³/mol. The van der Waals surface area contributed by atoms with Crippen LogP contribution in [0.5, 0.6) is 35.0 Å². The van der Waals surface area contributed by atoms with Crippen LogP contribution in [0.2, 0.25) is 0 Å².